The van der Waals surface area contributed by atoms with Gasteiger partial charge in [-0.25, -0.2) is 0 Å². The molecule has 0 bridgehead atoms. The molecule has 1 saturated heterocycles. The zero-order chi connectivity index (χ0) is 18.8. The summed E-state index contributed by atoms with van der Waals surface area (Å²) in [6.07, 6.45) is 2.76. The lowest BCUT2D eigenvalue weighted by molar-refractivity contribution is -0.901. The molecule has 27 heavy (non-hydrogen) atoms. The number of fused-ring (bicyclic) bond motifs is 1. The van der Waals surface area contributed by atoms with Crippen LogP contribution < -0.4 is 15.0 Å². The average molecular weight is 365 g/mol. The molecule has 0 saturated carbocycles. The zero-order valence-corrected chi connectivity index (χ0v) is 16.3. The lowest BCUT2D eigenvalue weighted by atomic mass is 9.97. The third-order valence-corrected chi connectivity index (χ3v) is 6.10. The highest BCUT2D eigenvalue weighted by atomic mass is 16.5. The van der Waals surface area contributed by atoms with Crippen LogP contribution in [0.2, 0.25) is 0 Å². The molecule has 2 atom stereocenters. The summed E-state index contributed by atoms with van der Waals surface area (Å²) in [5, 5.41) is 3.11. The van der Waals surface area contributed by atoms with Crippen LogP contribution in [0.3, 0.4) is 0 Å². The lowest BCUT2D eigenvalue weighted by Gasteiger charge is -2.16. The van der Waals surface area contributed by atoms with Crippen molar-refractivity contribution in [2.24, 2.45) is 0 Å². The average Bonchev–Trinajstić information content (AvgIpc) is 3.29. The summed E-state index contributed by atoms with van der Waals surface area (Å²) in [4.78, 5) is 14.5. The highest BCUT2D eigenvalue weighted by molar-refractivity contribution is 5.97. The van der Waals surface area contributed by atoms with E-state index in [0.29, 0.717) is 18.0 Å². The maximum absolute atomic E-state index is 12.9. The second kappa shape index (κ2) is 7.73. The van der Waals surface area contributed by atoms with Crippen LogP contribution in [0.25, 0.3) is 0 Å². The van der Waals surface area contributed by atoms with Gasteiger partial charge in [0.2, 0.25) is 0 Å². The predicted octanol–water partition coefficient (Wildman–Crippen LogP) is 2.68. The molecule has 4 rings (SSSR count). The summed E-state index contributed by atoms with van der Waals surface area (Å²) in [7, 11) is 0. The van der Waals surface area contributed by atoms with Gasteiger partial charge in [-0.15, -0.1) is 0 Å². The third-order valence-electron chi connectivity index (χ3n) is 6.10. The van der Waals surface area contributed by atoms with Crippen LogP contribution in [0, 0.1) is 0 Å². The van der Waals surface area contributed by atoms with E-state index in [1.807, 2.05) is 12.1 Å². The number of nitrogens with one attached hydrogen (secondary N) is 2. The van der Waals surface area contributed by atoms with Gasteiger partial charge in [0.05, 0.1) is 18.7 Å². The normalized spacial score (nSPS) is 21.7. The number of rotatable bonds is 5. The van der Waals surface area contributed by atoms with Gasteiger partial charge in [-0.2, -0.15) is 0 Å². The van der Waals surface area contributed by atoms with Gasteiger partial charge in [0.15, 0.2) is 0 Å². The summed E-state index contributed by atoms with van der Waals surface area (Å²) in [6.45, 7) is 8.31. The summed E-state index contributed by atoms with van der Waals surface area (Å²) in [5.41, 5.74) is 4.33. The van der Waals surface area contributed by atoms with Crippen molar-refractivity contribution in [1.29, 1.82) is 0 Å². The third kappa shape index (κ3) is 3.72. The molecule has 2 heterocycles. The molecule has 0 radical (unpaired) electrons. The first-order valence-electron chi connectivity index (χ1n) is 10.1. The van der Waals surface area contributed by atoms with Crippen LogP contribution in [-0.4, -0.2) is 25.1 Å². The summed E-state index contributed by atoms with van der Waals surface area (Å²) in [5.74, 6) is 1.01. The fraction of sp³-hybridized carbons (Fsp3) is 0.435. The number of hydrogen-bond donors (Lipinski definition) is 2. The molecule has 0 unspecified atom stereocenters. The number of quaternary nitrogens is 1. The Balaban J connectivity index is 1.47. The Morgan fingerprint density at radius 3 is 2.59 bits per heavy atom. The van der Waals surface area contributed by atoms with Gasteiger partial charge in [-0.05, 0) is 18.6 Å². The molecule has 4 nitrogen and oxygen atoms in total. The molecule has 4 heteroatoms. The van der Waals surface area contributed by atoms with Gasteiger partial charge < -0.3 is 15.0 Å². The fourth-order valence-electron chi connectivity index (χ4n) is 4.26. The number of hydrogen-bond acceptors (Lipinski definition) is 2. The van der Waals surface area contributed by atoms with Gasteiger partial charge in [0.25, 0.3) is 5.91 Å². The van der Waals surface area contributed by atoms with Crippen LogP contribution >= 0.6 is 0 Å². The quantitative estimate of drug-likeness (QED) is 0.856. The van der Waals surface area contributed by atoms with E-state index in [2.05, 4.69) is 49.5 Å². The number of carbonyl (C=O) groups excluding carboxylic acids is 1. The van der Waals surface area contributed by atoms with Crippen LogP contribution in [0.1, 0.15) is 59.7 Å². The Hall–Kier alpha value is -2.33. The first-order chi connectivity index (χ1) is 13.1. The Morgan fingerprint density at radius 1 is 1.07 bits per heavy atom. The van der Waals surface area contributed by atoms with E-state index in [4.69, 9.17) is 4.74 Å². The molecular weight excluding hydrogens is 336 g/mol. The minimum atomic E-state index is -0.0588. The first kappa shape index (κ1) is 18.1. The second-order valence-corrected chi connectivity index (χ2v) is 7.92. The predicted molar refractivity (Wildman–Crippen MR) is 106 cm³/mol. The SMILES string of the molecule is C[C@H]1Oc2c(C(=O)NCc3ccccc3C[NH+]3CCCC3)cccc2[C@@H]1C. The van der Waals surface area contributed by atoms with Crippen LogP contribution in [0.4, 0.5) is 0 Å². The van der Waals surface area contributed by atoms with Gasteiger partial charge in [-0.1, -0.05) is 43.3 Å². The second-order valence-electron chi connectivity index (χ2n) is 7.92. The highest BCUT2D eigenvalue weighted by Crippen LogP contribution is 2.40. The molecule has 2 aliphatic rings. The van der Waals surface area contributed by atoms with Gasteiger partial charge in [0.1, 0.15) is 18.4 Å². The summed E-state index contributed by atoms with van der Waals surface area (Å²) in [6, 6.07) is 14.3. The maximum Gasteiger partial charge on any atom is 0.255 e. The van der Waals surface area contributed by atoms with Crippen LogP contribution in [0.5, 0.6) is 5.75 Å². The number of likely N-dealkylation sites (tertiary alicyclic amines) is 1. The van der Waals surface area contributed by atoms with Crippen molar-refractivity contribution >= 4 is 5.91 Å². The molecule has 1 amide bonds. The topological polar surface area (TPSA) is 42.8 Å². The van der Waals surface area contributed by atoms with Crippen molar-refractivity contribution < 1.29 is 14.4 Å². The zero-order valence-electron chi connectivity index (χ0n) is 16.3. The van der Waals surface area contributed by atoms with Crippen molar-refractivity contribution in [3.05, 3.63) is 64.7 Å². The van der Waals surface area contributed by atoms with E-state index in [0.717, 1.165) is 17.9 Å². The first-order valence-corrected chi connectivity index (χ1v) is 10.1. The Labute approximate surface area is 161 Å². The van der Waals surface area contributed by atoms with E-state index >= 15 is 0 Å². The van der Waals surface area contributed by atoms with Crippen molar-refractivity contribution in [2.45, 2.75) is 51.8 Å². The molecule has 0 spiro atoms. The number of amides is 1. The monoisotopic (exact) mass is 365 g/mol. The highest BCUT2D eigenvalue weighted by Gasteiger charge is 2.31. The minimum absolute atomic E-state index is 0.0588. The summed E-state index contributed by atoms with van der Waals surface area (Å²) >= 11 is 0. The van der Waals surface area contributed by atoms with E-state index < -0.39 is 0 Å². The molecule has 2 aliphatic heterocycles. The molecular formula is C23H29N2O2+. The van der Waals surface area contributed by atoms with Crippen molar-refractivity contribution in [1.82, 2.24) is 5.32 Å². The molecule has 0 aliphatic carbocycles. The van der Waals surface area contributed by atoms with Crippen LogP contribution in [-0.2, 0) is 13.1 Å². The van der Waals surface area contributed by atoms with Crippen molar-refractivity contribution in [3.8, 4) is 5.75 Å². The number of carbonyl (C=O) groups is 1. The smallest absolute Gasteiger partial charge is 0.255 e. The van der Waals surface area contributed by atoms with E-state index in [9.17, 15) is 4.79 Å². The molecule has 0 aromatic heterocycles. The van der Waals surface area contributed by atoms with E-state index in [-0.39, 0.29) is 12.0 Å². The number of ether oxygens (including phenoxy) is 1. The molecule has 1 fully saturated rings. The lowest BCUT2D eigenvalue weighted by Crippen LogP contribution is -3.08. The minimum Gasteiger partial charge on any atom is -0.489 e. The Kier molecular flexibility index (Phi) is 5.17. The number of benzene rings is 2. The van der Waals surface area contributed by atoms with Gasteiger partial charge in [0, 0.05) is 36.4 Å². The Bertz CT molecular complexity index is 827. The summed E-state index contributed by atoms with van der Waals surface area (Å²) < 4.78 is 5.97. The number of para-hydroxylation sites is 1. The van der Waals surface area contributed by atoms with Crippen LogP contribution in [0.15, 0.2) is 42.5 Å². The standard InChI is InChI=1S/C23H28N2O2/c1-16-17(2)27-22-20(16)10-7-11-21(22)23(26)24-14-18-8-3-4-9-19(18)15-25-12-5-6-13-25/h3-4,7-11,16-17H,5-6,12-15H2,1-2H3,(H,24,26)/p+1/t16-,17-/m1/s1. The molecule has 2 aromatic carbocycles. The molecule has 2 aromatic rings. The van der Waals surface area contributed by atoms with Crippen molar-refractivity contribution in [2.75, 3.05) is 13.1 Å². The fourth-order valence-corrected chi connectivity index (χ4v) is 4.26. The molecule has 142 valence electrons. The van der Waals surface area contributed by atoms with E-state index in [1.165, 1.54) is 37.1 Å². The Morgan fingerprint density at radius 2 is 1.81 bits per heavy atom. The largest absolute Gasteiger partial charge is 0.489 e. The maximum atomic E-state index is 12.9. The molecule has 2 N–H and O–H groups in total. The van der Waals surface area contributed by atoms with Gasteiger partial charge in [-0.3, -0.25) is 4.79 Å². The van der Waals surface area contributed by atoms with Gasteiger partial charge >= 0.3 is 0 Å². The van der Waals surface area contributed by atoms with E-state index in [1.54, 1.807) is 4.90 Å². The van der Waals surface area contributed by atoms with Crippen molar-refractivity contribution in [3.63, 3.8) is 0 Å².